The lowest BCUT2D eigenvalue weighted by molar-refractivity contribution is 0.609. The van der Waals surface area contributed by atoms with E-state index in [9.17, 15) is 4.39 Å². The number of anilines is 3. The van der Waals surface area contributed by atoms with Crippen LogP contribution in [0.1, 0.15) is 40.6 Å². The van der Waals surface area contributed by atoms with Crippen LogP contribution in [0.5, 0.6) is 0 Å². The molecule has 2 aromatic carbocycles. The summed E-state index contributed by atoms with van der Waals surface area (Å²) in [6.45, 7) is 0. The van der Waals surface area contributed by atoms with Crippen LogP contribution < -0.4 is 11.1 Å². The molecule has 0 unspecified atom stereocenters. The Bertz CT molecular complexity index is 1450. The molecule has 1 saturated carbocycles. The van der Waals surface area contributed by atoms with Crippen molar-refractivity contribution < 1.29 is 4.39 Å². The molecule has 3 heterocycles. The number of aromatic nitrogens is 5. The average Bonchev–Trinajstić information content (AvgIpc) is 3.21. The number of hydrogen-bond donors (Lipinski definition) is 4. The smallest absolute Gasteiger partial charge is 0.221 e. The van der Waals surface area contributed by atoms with Gasteiger partial charge in [0.1, 0.15) is 11.6 Å². The average molecular weight is 439 g/mol. The Balaban J connectivity index is 1.24. The normalized spacial score (nSPS) is 17.4. The topological polar surface area (TPSA) is 108 Å². The van der Waals surface area contributed by atoms with Crippen molar-refractivity contribution >= 4 is 28.5 Å². The molecule has 0 aliphatic heterocycles. The van der Waals surface area contributed by atoms with E-state index in [0.29, 0.717) is 18.1 Å². The molecule has 2 atom stereocenters. The minimum atomic E-state index is -0.151. The Labute approximate surface area is 189 Å². The predicted octanol–water partition coefficient (Wildman–Crippen LogP) is 5.01. The van der Waals surface area contributed by atoms with Crippen LogP contribution in [-0.2, 0) is 6.42 Å². The van der Waals surface area contributed by atoms with Crippen LogP contribution >= 0.6 is 0 Å². The summed E-state index contributed by atoms with van der Waals surface area (Å²) < 4.78 is 14.1. The summed E-state index contributed by atoms with van der Waals surface area (Å²) in [5, 5.41) is 12.0. The third kappa shape index (κ3) is 3.69. The lowest BCUT2D eigenvalue weighted by atomic mass is 10.0. The first kappa shape index (κ1) is 19.5. The second-order valence-corrected chi connectivity index (χ2v) is 8.44. The largest absolute Gasteiger partial charge is 0.368 e. The maximum Gasteiger partial charge on any atom is 0.221 e. The molecule has 5 aromatic rings. The highest BCUT2D eigenvalue weighted by molar-refractivity contribution is 5.83. The highest BCUT2D eigenvalue weighted by Gasteiger charge is 2.42. The monoisotopic (exact) mass is 439 g/mol. The maximum absolute atomic E-state index is 14.1. The van der Waals surface area contributed by atoms with Crippen LogP contribution in [0, 0.1) is 5.82 Å². The third-order valence-corrected chi connectivity index (χ3v) is 6.29. The van der Waals surface area contributed by atoms with Gasteiger partial charge >= 0.3 is 0 Å². The Kier molecular flexibility index (Phi) is 4.57. The lowest BCUT2D eigenvalue weighted by Gasteiger charge is -2.10. The molecule has 7 nitrogen and oxygen atoms in total. The number of aromatic amines is 2. The Hall–Kier alpha value is -4.20. The van der Waals surface area contributed by atoms with Crippen LogP contribution in [0.15, 0.2) is 67.0 Å². The van der Waals surface area contributed by atoms with Gasteiger partial charge in [-0.15, -0.1) is 0 Å². The standard InChI is InChI=1S/C25H22FN7/c26-20-6-2-1-5-17(20)18-11-19(18)22-12-23(33-32-22)30-24-15(13-29-25(27)31-24)10-14-4-3-7-21-16(14)8-9-28-21/h1-9,12-13,18-19,28H,10-11H2,(H4,27,29,30,31,32,33)/t18-,19+/m0/s1. The summed E-state index contributed by atoms with van der Waals surface area (Å²) in [6, 6.07) is 17.2. The number of nitrogens with zero attached hydrogens (tertiary/aromatic N) is 3. The number of nitrogens with one attached hydrogen (secondary N) is 3. The first-order valence-electron chi connectivity index (χ1n) is 10.9. The molecule has 0 saturated heterocycles. The molecule has 1 aliphatic carbocycles. The van der Waals surface area contributed by atoms with Gasteiger partial charge in [-0.25, -0.2) is 9.37 Å². The molecule has 1 fully saturated rings. The minimum absolute atomic E-state index is 0.151. The van der Waals surface area contributed by atoms with Crippen molar-refractivity contribution in [3.8, 4) is 0 Å². The molecule has 0 amide bonds. The van der Waals surface area contributed by atoms with Crippen molar-refractivity contribution in [3.05, 3.63) is 95.2 Å². The van der Waals surface area contributed by atoms with E-state index in [4.69, 9.17) is 5.73 Å². The molecule has 0 spiro atoms. The highest BCUT2D eigenvalue weighted by Crippen LogP contribution is 2.54. The van der Waals surface area contributed by atoms with Crippen LogP contribution in [0.4, 0.5) is 22.0 Å². The number of halogens is 1. The summed E-state index contributed by atoms with van der Waals surface area (Å²) in [6.07, 6.45) is 5.23. The number of hydrogen-bond acceptors (Lipinski definition) is 5. The van der Waals surface area contributed by atoms with Gasteiger partial charge in [0.05, 0.1) is 0 Å². The second-order valence-electron chi connectivity index (χ2n) is 8.44. The second kappa shape index (κ2) is 7.74. The SMILES string of the molecule is Nc1ncc(Cc2cccc3[nH]ccc23)c(Nc2cc([C@@H]3C[C@H]3c3ccccc3F)[nH]n2)n1. The number of rotatable bonds is 6. The van der Waals surface area contributed by atoms with Gasteiger partial charge < -0.3 is 16.0 Å². The third-order valence-electron chi connectivity index (χ3n) is 6.29. The van der Waals surface area contributed by atoms with Crippen LogP contribution in [0.2, 0.25) is 0 Å². The minimum Gasteiger partial charge on any atom is -0.368 e. The van der Waals surface area contributed by atoms with Gasteiger partial charge in [0.15, 0.2) is 5.82 Å². The van der Waals surface area contributed by atoms with E-state index < -0.39 is 0 Å². The van der Waals surface area contributed by atoms with Crippen molar-refractivity contribution in [1.29, 1.82) is 0 Å². The van der Waals surface area contributed by atoms with Gasteiger partial charge in [0.2, 0.25) is 5.95 Å². The van der Waals surface area contributed by atoms with Gasteiger partial charge in [-0.3, -0.25) is 5.10 Å². The summed E-state index contributed by atoms with van der Waals surface area (Å²) >= 11 is 0. The molecular weight excluding hydrogens is 417 g/mol. The molecule has 3 aromatic heterocycles. The van der Waals surface area contributed by atoms with E-state index in [-0.39, 0.29) is 23.6 Å². The van der Waals surface area contributed by atoms with Gasteiger partial charge in [-0.2, -0.15) is 10.1 Å². The van der Waals surface area contributed by atoms with Crippen molar-refractivity contribution in [2.75, 3.05) is 11.1 Å². The molecule has 0 bridgehead atoms. The van der Waals surface area contributed by atoms with Crippen molar-refractivity contribution in [2.45, 2.75) is 24.7 Å². The quantitative estimate of drug-likeness (QED) is 0.297. The van der Waals surface area contributed by atoms with Gasteiger partial charge in [-0.1, -0.05) is 30.3 Å². The van der Waals surface area contributed by atoms with Crippen molar-refractivity contribution in [3.63, 3.8) is 0 Å². The summed E-state index contributed by atoms with van der Waals surface area (Å²) in [7, 11) is 0. The Morgan fingerprint density at radius 3 is 2.88 bits per heavy atom. The number of nitrogens with two attached hydrogens (primary N) is 1. The fourth-order valence-corrected chi connectivity index (χ4v) is 4.54. The predicted molar refractivity (Wildman–Crippen MR) is 126 cm³/mol. The fraction of sp³-hybridized carbons (Fsp3) is 0.160. The summed E-state index contributed by atoms with van der Waals surface area (Å²) in [5.74, 6) is 1.70. The lowest BCUT2D eigenvalue weighted by Crippen LogP contribution is -2.05. The van der Waals surface area contributed by atoms with E-state index >= 15 is 0 Å². The fourth-order valence-electron chi connectivity index (χ4n) is 4.54. The Morgan fingerprint density at radius 1 is 1.06 bits per heavy atom. The van der Waals surface area contributed by atoms with Crippen molar-refractivity contribution in [2.24, 2.45) is 0 Å². The Morgan fingerprint density at radius 2 is 1.97 bits per heavy atom. The van der Waals surface area contributed by atoms with Crippen LogP contribution in [-0.4, -0.2) is 25.1 Å². The molecule has 1 aliphatic rings. The first-order chi connectivity index (χ1) is 16.2. The van der Waals surface area contributed by atoms with E-state index in [0.717, 1.165) is 34.1 Å². The zero-order chi connectivity index (χ0) is 22.4. The van der Waals surface area contributed by atoms with E-state index in [1.807, 2.05) is 30.5 Å². The van der Waals surface area contributed by atoms with E-state index in [2.05, 4.69) is 48.7 Å². The van der Waals surface area contributed by atoms with Crippen LogP contribution in [0.25, 0.3) is 10.9 Å². The van der Waals surface area contributed by atoms with E-state index in [1.165, 1.54) is 11.6 Å². The number of nitrogen functional groups attached to an aromatic ring is 1. The van der Waals surface area contributed by atoms with Gasteiger partial charge in [0, 0.05) is 53.0 Å². The van der Waals surface area contributed by atoms with Crippen molar-refractivity contribution in [1.82, 2.24) is 25.1 Å². The van der Waals surface area contributed by atoms with Gasteiger partial charge in [-0.05, 0) is 41.7 Å². The molecule has 33 heavy (non-hydrogen) atoms. The molecule has 0 radical (unpaired) electrons. The van der Waals surface area contributed by atoms with Gasteiger partial charge in [0.25, 0.3) is 0 Å². The van der Waals surface area contributed by atoms with Crippen LogP contribution in [0.3, 0.4) is 0 Å². The molecule has 164 valence electrons. The maximum atomic E-state index is 14.1. The summed E-state index contributed by atoms with van der Waals surface area (Å²) in [5.41, 5.74) is 10.8. The number of fused-ring (bicyclic) bond motifs is 1. The number of benzene rings is 2. The zero-order valence-electron chi connectivity index (χ0n) is 17.7. The summed E-state index contributed by atoms with van der Waals surface area (Å²) in [4.78, 5) is 11.9. The first-order valence-corrected chi connectivity index (χ1v) is 10.9. The molecular formula is C25H22FN7. The molecule has 5 N–H and O–H groups in total. The molecule has 8 heteroatoms. The number of H-pyrrole nitrogens is 2. The highest BCUT2D eigenvalue weighted by atomic mass is 19.1. The molecule has 6 rings (SSSR count). The zero-order valence-corrected chi connectivity index (χ0v) is 17.7. The van der Waals surface area contributed by atoms with E-state index in [1.54, 1.807) is 12.3 Å².